The van der Waals surface area contributed by atoms with Crippen molar-refractivity contribution in [2.45, 2.75) is 109 Å². The molecular weight excluding hydrogens is 753 g/mol. The van der Waals surface area contributed by atoms with E-state index in [4.69, 9.17) is 32.1 Å². The molecule has 3 fully saturated rings. The Labute approximate surface area is 330 Å². The topological polar surface area (TPSA) is 170 Å². The molecule has 10 atom stereocenters. The Balaban J connectivity index is 1.59. The number of Topliss-reactive ketones (excluding diaryl/α,β-unsaturated/α-hetero) is 1. The van der Waals surface area contributed by atoms with Gasteiger partial charge in [-0.1, -0.05) is 62.4 Å². The van der Waals surface area contributed by atoms with Gasteiger partial charge in [0.15, 0.2) is 23.6 Å². The van der Waals surface area contributed by atoms with Crippen LogP contribution in [0.2, 0.25) is 0 Å². The number of rotatable bonds is 10. The minimum atomic E-state index is -2.23. The van der Waals surface area contributed by atoms with E-state index >= 15 is 4.79 Å². The molecular formula is C40H46O13S2. The lowest BCUT2D eigenvalue weighted by Crippen LogP contribution is -2.82. The molecule has 0 aromatic heterocycles. The molecule has 2 bridgehead atoms. The van der Waals surface area contributed by atoms with Crippen LogP contribution in [0, 0.1) is 16.7 Å². The maximum absolute atomic E-state index is 15.5. The fourth-order valence-corrected chi connectivity index (χ4v) is 9.82. The zero-order chi connectivity index (χ0) is 40.1. The summed E-state index contributed by atoms with van der Waals surface area (Å²) in [5.74, 6) is -5.28. The third-order valence-electron chi connectivity index (χ3n) is 12.2. The molecule has 0 unspecified atom stereocenters. The Kier molecular flexibility index (Phi) is 11.4. The second kappa shape index (κ2) is 15.3. The second-order valence-corrected chi connectivity index (χ2v) is 16.0. The number of hydrogen-bond acceptors (Lipinski definition) is 15. The Morgan fingerprint density at radius 2 is 1.56 bits per heavy atom. The maximum atomic E-state index is 15.5. The van der Waals surface area contributed by atoms with Crippen molar-refractivity contribution in [1.82, 2.24) is 0 Å². The first-order valence-electron chi connectivity index (χ1n) is 18.0. The highest BCUT2D eigenvalue weighted by Crippen LogP contribution is 2.65. The highest BCUT2D eigenvalue weighted by atomic mass is 32.1. The molecule has 1 heterocycles. The molecule has 2 saturated carbocycles. The lowest BCUT2D eigenvalue weighted by atomic mass is 9.44. The van der Waals surface area contributed by atoms with Crippen molar-refractivity contribution < 1.29 is 61.1 Å². The van der Waals surface area contributed by atoms with E-state index in [-0.39, 0.29) is 37.0 Å². The van der Waals surface area contributed by atoms with Crippen LogP contribution in [-0.4, -0.2) is 89.2 Å². The van der Waals surface area contributed by atoms with Crippen LogP contribution in [-0.2, 0) is 57.6 Å². The van der Waals surface area contributed by atoms with Gasteiger partial charge in [-0.25, -0.2) is 9.59 Å². The molecule has 0 amide bonds. The van der Waals surface area contributed by atoms with Gasteiger partial charge < -0.3 is 37.2 Å². The summed E-state index contributed by atoms with van der Waals surface area (Å²) in [5.41, 5.74) is -5.88. The van der Waals surface area contributed by atoms with Crippen LogP contribution in [0.25, 0.3) is 0 Å². The van der Waals surface area contributed by atoms with Crippen LogP contribution in [0.15, 0.2) is 71.8 Å². The number of esters is 4. The van der Waals surface area contributed by atoms with Gasteiger partial charge in [-0.05, 0) is 68.5 Å². The Bertz CT molecular complexity index is 1870. The SMILES string of the molecule is CC(=O)O[C@H]1C(=O)[C@]2(C)[C@@H](OS)C[C@H]3OC[C@@]3(OC(C)=O)[C@H]2[C@H](OC(=O)c2ccccc2)[C@]2(O)C[C@H](OC(=O)[C@@H](Cc3ccccc3)OS)C(C)=C1C2(C)C. The van der Waals surface area contributed by atoms with Crippen molar-refractivity contribution in [3.05, 3.63) is 82.9 Å². The van der Waals surface area contributed by atoms with Gasteiger partial charge in [0.2, 0.25) is 0 Å². The minimum Gasteiger partial charge on any atom is -0.456 e. The van der Waals surface area contributed by atoms with Crippen molar-refractivity contribution in [3.8, 4) is 0 Å². The molecule has 2 aromatic rings. The second-order valence-electron chi connectivity index (χ2n) is 15.5. The largest absolute Gasteiger partial charge is 0.456 e. The summed E-state index contributed by atoms with van der Waals surface area (Å²) in [6, 6.07) is 17.1. The third kappa shape index (κ3) is 6.80. The van der Waals surface area contributed by atoms with Gasteiger partial charge in [0.05, 0.1) is 29.6 Å². The number of ether oxygens (including phenoxy) is 5. The molecule has 15 heteroatoms. The highest BCUT2D eigenvalue weighted by Gasteiger charge is 2.78. The van der Waals surface area contributed by atoms with E-state index in [1.165, 1.54) is 19.1 Å². The summed E-state index contributed by atoms with van der Waals surface area (Å²) in [5, 5.41) is 13.6. The van der Waals surface area contributed by atoms with E-state index in [2.05, 4.69) is 25.8 Å². The predicted molar refractivity (Wildman–Crippen MR) is 200 cm³/mol. The Morgan fingerprint density at radius 3 is 2.11 bits per heavy atom. The Hall–Kier alpha value is -3.73. The van der Waals surface area contributed by atoms with E-state index in [1.54, 1.807) is 45.9 Å². The average Bonchev–Trinajstić information content (AvgIpc) is 3.13. The van der Waals surface area contributed by atoms with E-state index in [0.717, 1.165) is 12.5 Å². The molecule has 2 aromatic carbocycles. The van der Waals surface area contributed by atoms with Crippen LogP contribution < -0.4 is 0 Å². The van der Waals surface area contributed by atoms with Gasteiger partial charge in [-0.15, -0.1) is 0 Å². The van der Waals surface area contributed by atoms with Crippen molar-refractivity contribution in [2.75, 3.05) is 6.61 Å². The zero-order valence-electron chi connectivity index (χ0n) is 31.4. The van der Waals surface area contributed by atoms with Crippen molar-refractivity contribution >= 4 is 55.5 Å². The number of hydrogen-bond donors (Lipinski definition) is 3. The number of fused-ring (bicyclic) bond motifs is 5. The van der Waals surface area contributed by atoms with Crippen LogP contribution in [0.5, 0.6) is 0 Å². The van der Waals surface area contributed by atoms with Gasteiger partial charge in [0.1, 0.15) is 23.9 Å². The average molecular weight is 799 g/mol. The smallest absolute Gasteiger partial charge is 0.338 e. The fourth-order valence-electron chi connectivity index (χ4n) is 9.36. The molecule has 1 N–H and O–H groups in total. The van der Waals surface area contributed by atoms with Crippen LogP contribution in [0.3, 0.4) is 0 Å². The van der Waals surface area contributed by atoms with E-state index < -0.39 is 94.2 Å². The summed E-state index contributed by atoms with van der Waals surface area (Å²) < 4.78 is 41.5. The van der Waals surface area contributed by atoms with E-state index in [1.807, 2.05) is 30.3 Å². The first-order chi connectivity index (χ1) is 26.0. The predicted octanol–water partition coefficient (Wildman–Crippen LogP) is 4.55. The summed E-state index contributed by atoms with van der Waals surface area (Å²) >= 11 is 8.14. The highest BCUT2D eigenvalue weighted by molar-refractivity contribution is 7.75. The molecule has 3 aliphatic carbocycles. The van der Waals surface area contributed by atoms with Gasteiger partial charge in [0, 0.05) is 38.5 Å². The van der Waals surface area contributed by atoms with Crippen LogP contribution in [0.1, 0.15) is 70.3 Å². The minimum absolute atomic E-state index is 0.00822. The number of aliphatic hydroxyl groups is 1. The third-order valence-corrected chi connectivity index (χ3v) is 12.7. The molecule has 296 valence electrons. The van der Waals surface area contributed by atoms with E-state index in [9.17, 15) is 24.3 Å². The quantitative estimate of drug-likeness (QED) is 0.101. The molecule has 55 heavy (non-hydrogen) atoms. The standard InChI is InChI=1S/C40H46O13S2/c1-21-27(49-36(45)26(52-54)17-24-13-9-7-10-14-24)19-40(46)34(50-35(44)25-15-11-8-12-16-25)32-38(6,33(43)31(48-22(2)41)30(21)37(40,4)5)28(53-55)18-29-39(32,20-47-29)51-23(3)42/h7-16,26-29,31-32,34,46,54-55H,17-20H2,1-6H3/t26-,27+,28+,29-,31-,32+,34+,38-,39+,40-/m1/s1. The molecule has 4 aliphatic rings. The maximum Gasteiger partial charge on any atom is 0.338 e. The van der Waals surface area contributed by atoms with Crippen molar-refractivity contribution in [1.29, 1.82) is 0 Å². The Morgan fingerprint density at radius 1 is 0.927 bits per heavy atom. The summed E-state index contributed by atoms with van der Waals surface area (Å²) in [4.78, 5) is 69.5. The first kappa shape index (κ1) is 40.9. The lowest BCUT2D eigenvalue weighted by molar-refractivity contribution is -0.343. The van der Waals surface area contributed by atoms with Gasteiger partial charge in [-0.3, -0.25) is 14.4 Å². The number of thiol groups is 2. The molecule has 13 nitrogen and oxygen atoms in total. The van der Waals surface area contributed by atoms with Gasteiger partial charge in [0.25, 0.3) is 0 Å². The summed E-state index contributed by atoms with van der Waals surface area (Å²) in [6.45, 7) is 8.57. The first-order valence-corrected chi connectivity index (χ1v) is 18.8. The zero-order valence-corrected chi connectivity index (χ0v) is 33.2. The monoisotopic (exact) mass is 798 g/mol. The molecule has 1 saturated heterocycles. The normalized spacial score (nSPS) is 34.0. The molecule has 6 rings (SSSR count). The summed E-state index contributed by atoms with van der Waals surface area (Å²) in [7, 11) is 0. The molecule has 1 aliphatic heterocycles. The van der Waals surface area contributed by atoms with Gasteiger partial charge >= 0.3 is 23.9 Å². The fraction of sp³-hybridized carbons (Fsp3) is 0.525. The lowest BCUT2D eigenvalue weighted by Gasteiger charge is -2.67. The van der Waals surface area contributed by atoms with Crippen LogP contribution >= 0.6 is 25.8 Å². The van der Waals surface area contributed by atoms with E-state index in [0.29, 0.717) is 5.57 Å². The number of carbonyl (C=O) groups is 5. The number of ketones is 1. The van der Waals surface area contributed by atoms with Crippen molar-refractivity contribution in [2.24, 2.45) is 16.7 Å². The molecule has 0 spiro atoms. The summed E-state index contributed by atoms with van der Waals surface area (Å²) in [6.07, 6.45) is -8.04. The van der Waals surface area contributed by atoms with Crippen molar-refractivity contribution in [3.63, 3.8) is 0 Å². The number of benzene rings is 2. The van der Waals surface area contributed by atoms with Crippen LogP contribution in [0.4, 0.5) is 0 Å². The number of carbonyl (C=O) groups excluding carboxylic acids is 5. The molecule has 0 radical (unpaired) electrons. The van der Waals surface area contributed by atoms with Gasteiger partial charge in [-0.2, -0.15) is 0 Å².